The molecule has 0 saturated heterocycles. The molecule has 5 nitrogen and oxygen atoms in total. The van der Waals surface area contributed by atoms with E-state index in [-0.39, 0.29) is 19.3 Å². The molecule has 8 aromatic rings. The topological polar surface area (TPSA) is 105 Å². The number of aryl methyl sites for hydroxylation is 1. The number of benzene rings is 7. The predicted molar refractivity (Wildman–Crippen MR) is 237 cm³/mol. The molecule has 0 saturated carbocycles. The van der Waals surface area contributed by atoms with Gasteiger partial charge < -0.3 is 11.5 Å². The maximum absolute atomic E-state index is 8.64. The lowest BCUT2D eigenvalue weighted by Crippen LogP contribution is -2.10. The van der Waals surface area contributed by atoms with Crippen LogP contribution in [-0.2, 0) is 0 Å². The molecule has 0 amide bonds. The van der Waals surface area contributed by atoms with E-state index < -0.39 is 0 Å². The van der Waals surface area contributed by atoms with Crippen molar-refractivity contribution in [2.75, 3.05) is 6.54 Å². The van der Waals surface area contributed by atoms with Gasteiger partial charge in [-0.3, -0.25) is 15.4 Å². The minimum absolute atomic E-state index is 0. The Kier molecular flexibility index (Phi) is 13.2. The van der Waals surface area contributed by atoms with Crippen LogP contribution in [0.25, 0.3) is 54.8 Å². The molecule has 268 valence electrons. The second-order valence-corrected chi connectivity index (χ2v) is 12.6. The van der Waals surface area contributed by atoms with E-state index >= 15 is 0 Å². The fraction of sp³-hybridized carbons (Fsp3) is 0.0417. The van der Waals surface area contributed by atoms with E-state index in [0.717, 1.165) is 33.1 Å². The second kappa shape index (κ2) is 18.3. The Morgan fingerprint density at radius 3 is 1.65 bits per heavy atom. The van der Waals surface area contributed by atoms with E-state index in [4.69, 9.17) is 22.3 Å². The Balaban J connectivity index is 0.000000166. The number of allylic oxidation sites excluding steroid dienone is 1. The lowest BCUT2D eigenvalue weighted by Gasteiger charge is -2.07. The van der Waals surface area contributed by atoms with Gasteiger partial charge in [0.25, 0.3) is 0 Å². The van der Waals surface area contributed by atoms with Gasteiger partial charge in [0.15, 0.2) is 0 Å². The molecule has 7 aromatic carbocycles. The van der Waals surface area contributed by atoms with Gasteiger partial charge in [-0.05, 0) is 63.7 Å². The van der Waals surface area contributed by atoms with E-state index in [1.54, 1.807) is 12.2 Å². The normalized spacial score (nSPS) is 10.7. The summed E-state index contributed by atoms with van der Waals surface area (Å²) in [7, 11) is 0. The van der Waals surface area contributed by atoms with Gasteiger partial charge in [0, 0.05) is 22.9 Å². The Morgan fingerprint density at radius 1 is 0.593 bits per heavy atom. The largest absolute Gasteiger partial charge is 0.384 e. The summed E-state index contributed by atoms with van der Waals surface area (Å²) in [6, 6.07) is 57.6. The Morgan fingerprint density at radius 2 is 1.09 bits per heavy atom. The number of aromatic nitrogens is 1. The fourth-order valence-corrected chi connectivity index (χ4v) is 6.29. The van der Waals surface area contributed by atoms with Crippen LogP contribution in [0.4, 0.5) is 0 Å². The molecule has 1 aromatic heterocycles. The van der Waals surface area contributed by atoms with Crippen LogP contribution in [0.1, 0.15) is 11.1 Å². The number of hydrogen-bond acceptors (Lipinski definition) is 3. The second-order valence-electron chi connectivity index (χ2n) is 12.6. The molecule has 0 radical (unpaired) electrons. The molecule has 1 heterocycles. The Bertz CT molecular complexity index is 2530. The molecule has 6 heteroatoms. The lowest BCUT2D eigenvalue weighted by atomic mass is 10.0. The van der Waals surface area contributed by atoms with E-state index in [0.29, 0.717) is 12.4 Å². The summed E-state index contributed by atoms with van der Waals surface area (Å²) in [5.74, 6) is 0.497. The van der Waals surface area contributed by atoms with E-state index in [1.165, 1.54) is 38.4 Å². The molecule has 0 aliphatic carbocycles. The Labute approximate surface area is 324 Å². The van der Waals surface area contributed by atoms with Crippen LogP contribution in [0.15, 0.2) is 194 Å². The third kappa shape index (κ3) is 8.93. The molecule has 0 aliphatic rings. The van der Waals surface area contributed by atoms with Gasteiger partial charge in [0.2, 0.25) is 0 Å². The number of nitrogens with two attached hydrogens (primary N) is 2. The minimum Gasteiger partial charge on any atom is -0.384 e. The first kappa shape index (κ1) is 38.8. The quantitative estimate of drug-likeness (QED) is 0.0779. The van der Waals surface area contributed by atoms with Gasteiger partial charge in [-0.2, -0.15) is 13.5 Å². The summed E-state index contributed by atoms with van der Waals surface area (Å²) < 4.78 is 1.98. The van der Waals surface area contributed by atoms with E-state index in [9.17, 15) is 0 Å². The van der Waals surface area contributed by atoms with Crippen molar-refractivity contribution in [3.63, 3.8) is 0 Å². The van der Waals surface area contributed by atoms with Gasteiger partial charge in [0.1, 0.15) is 11.7 Å². The lowest BCUT2D eigenvalue weighted by molar-refractivity contribution is 1.17. The van der Waals surface area contributed by atoms with Gasteiger partial charge in [-0.15, -0.1) is 0 Å². The average molecular weight is 724 g/mol. The molecule has 0 atom stereocenters. The van der Waals surface area contributed by atoms with E-state index in [1.807, 2.05) is 65.2 Å². The predicted octanol–water partition coefficient (Wildman–Crippen LogP) is 11.3. The highest BCUT2D eigenvalue weighted by Crippen LogP contribution is 2.34. The van der Waals surface area contributed by atoms with Crippen molar-refractivity contribution in [1.29, 1.82) is 10.8 Å². The van der Waals surface area contributed by atoms with Crippen molar-refractivity contribution in [2.24, 2.45) is 11.5 Å². The number of nitrogens with one attached hydrogen (secondary N) is 2. The fourth-order valence-electron chi connectivity index (χ4n) is 6.29. The standard InChI is InChI=1S/C22H19N3.C13H12N2.C13H12.H2S/c1-2-15(14-23)13-21(24)25-19-10-6-5-9-18(19)22-17-8-4-3-7-16(17)11-12-20(22)25;14-13(15)12-8-6-11(7-9-12)10-4-2-1-3-5-10;1-11-7-9-13(10-8-11)12-5-3-2-4-6-12;/h2-13,24H,1,14,23H2;1-9H,(H3,14,15);2-10H,1H3;1H2/b15-13+,24-21?;;;. The van der Waals surface area contributed by atoms with E-state index in [2.05, 4.69) is 123 Å². The van der Waals surface area contributed by atoms with Crippen LogP contribution in [0.5, 0.6) is 0 Å². The highest BCUT2D eigenvalue weighted by molar-refractivity contribution is 7.59. The molecule has 0 unspecified atom stereocenters. The van der Waals surface area contributed by atoms with Gasteiger partial charge in [-0.25, -0.2) is 0 Å². The van der Waals surface area contributed by atoms with Crippen LogP contribution in [0, 0.1) is 17.7 Å². The molecule has 0 aliphatic heterocycles. The number of amidine groups is 1. The monoisotopic (exact) mass is 723 g/mol. The summed E-state index contributed by atoms with van der Waals surface area (Å²) in [6.45, 7) is 6.25. The average Bonchev–Trinajstić information content (AvgIpc) is 3.56. The molecule has 8 rings (SSSR count). The summed E-state index contributed by atoms with van der Waals surface area (Å²) >= 11 is 0. The van der Waals surface area contributed by atoms with Crippen molar-refractivity contribution in [1.82, 2.24) is 4.57 Å². The number of fused-ring (bicyclic) bond motifs is 5. The smallest absolute Gasteiger partial charge is 0.130 e. The highest BCUT2D eigenvalue weighted by atomic mass is 32.1. The number of rotatable bonds is 6. The number of nitrogen functional groups attached to an aromatic ring is 1. The summed E-state index contributed by atoms with van der Waals surface area (Å²) in [4.78, 5) is 0. The van der Waals surface area contributed by atoms with Crippen LogP contribution in [0.2, 0.25) is 0 Å². The van der Waals surface area contributed by atoms with Gasteiger partial charge in [-0.1, -0.05) is 176 Å². The third-order valence-electron chi connectivity index (χ3n) is 9.08. The zero-order chi connectivity index (χ0) is 37.2. The molecular weight excluding hydrogens is 679 g/mol. The van der Waals surface area contributed by atoms with Gasteiger partial charge >= 0.3 is 0 Å². The first-order valence-corrected chi connectivity index (χ1v) is 17.5. The highest BCUT2D eigenvalue weighted by Gasteiger charge is 2.15. The number of nitrogens with zero attached hydrogens (tertiary/aromatic N) is 1. The third-order valence-corrected chi connectivity index (χ3v) is 9.08. The van der Waals surface area contributed by atoms with Crippen LogP contribution >= 0.6 is 13.5 Å². The zero-order valence-corrected chi connectivity index (χ0v) is 31.3. The van der Waals surface area contributed by atoms with Crippen molar-refractivity contribution < 1.29 is 0 Å². The minimum atomic E-state index is 0. The molecule has 0 bridgehead atoms. The van der Waals surface area contributed by atoms with Crippen molar-refractivity contribution >= 4 is 57.7 Å². The van der Waals surface area contributed by atoms with Crippen LogP contribution in [0.3, 0.4) is 0 Å². The summed E-state index contributed by atoms with van der Waals surface area (Å²) in [5, 5.41) is 20.7. The van der Waals surface area contributed by atoms with Crippen molar-refractivity contribution in [2.45, 2.75) is 6.92 Å². The molecule has 6 N–H and O–H groups in total. The number of para-hydroxylation sites is 1. The van der Waals surface area contributed by atoms with Crippen LogP contribution in [-0.4, -0.2) is 22.8 Å². The van der Waals surface area contributed by atoms with Crippen molar-refractivity contribution in [3.05, 3.63) is 205 Å². The summed E-state index contributed by atoms with van der Waals surface area (Å²) in [5.41, 5.74) is 21.0. The molecule has 54 heavy (non-hydrogen) atoms. The van der Waals surface area contributed by atoms with Crippen LogP contribution < -0.4 is 11.5 Å². The Hall–Kier alpha value is -6.47. The first-order chi connectivity index (χ1) is 25.9. The maximum Gasteiger partial charge on any atom is 0.130 e. The van der Waals surface area contributed by atoms with Gasteiger partial charge in [0.05, 0.1) is 11.0 Å². The zero-order valence-electron chi connectivity index (χ0n) is 30.3. The molecule has 0 spiro atoms. The molecule has 0 fully saturated rings. The molecular formula is C48H45N5S. The van der Waals surface area contributed by atoms with Crippen molar-refractivity contribution in [3.8, 4) is 22.3 Å². The maximum atomic E-state index is 8.64. The number of hydrogen-bond donors (Lipinski definition) is 4. The first-order valence-electron chi connectivity index (χ1n) is 17.5. The summed E-state index contributed by atoms with van der Waals surface area (Å²) in [6.07, 6.45) is 3.49. The SMILES string of the molecule is C=C/C(=C\C(=N)n1c2ccccc2c2c3ccccc3ccc21)CN.Cc1ccc(-c2ccccc2)cc1.N=C(N)c1ccc(-c2ccccc2)cc1.S.